The highest BCUT2D eigenvalue weighted by Crippen LogP contribution is 2.38. The van der Waals surface area contributed by atoms with Crippen LogP contribution >= 0.6 is 11.8 Å². The number of methoxy groups -OCH3 is 2. The maximum Gasteiger partial charge on any atom is 0.203 e. The Balaban J connectivity index is 2.92. The molecule has 0 fully saturated rings. The van der Waals surface area contributed by atoms with Crippen LogP contribution < -0.4 is 19.5 Å². The molecule has 1 aromatic rings. The summed E-state index contributed by atoms with van der Waals surface area (Å²) in [5, 5.41) is 3.38. The molecule has 0 heterocycles. The first-order valence-electron chi connectivity index (χ1n) is 6.72. The van der Waals surface area contributed by atoms with Crippen LogP contribution in [0.3, 0.4) is 0 Å². The zero-order valence-electron chi connectivity index (χ0n) is 13.0. The zero-order chi connectivity index (χ0) is 15.0. The van der Waals surface area contributed by atoms with Crippen molar-refractivity contribution in [1.82, 2.24) is 5.32 Å². The summed E-state index contributed by atoms with van der Waals surface area (Å²) < 4.78 is 16.6. The van der Waals surface area contributed by atoms with Crippen LogP contribution in [0.25, 0.3) is 0 Å². The van der Waals surface area contributed by atoms with Crippen LogP contribution in [0.15, 0.2) is 12.1 Å². The van der Waals surface area contributed by atoms with Crippen molar-refractivity contribution >= 4 is 11.8 Å². The molecule has 4 nitrogen and oxygen atoms in total. The second-order valence-electron chi connectivity index (χ2n) is 4.71. The maximum absolute atomic E-state index is 5.78. The Morgan fingerprint density at radius 2 is 1.75 bits per heavy atom. The van der Waals surface area contributed by atoms with E-state index in [1.807, 2.05) is 12.1 Å². The Kier molecular flexibility index (Phi) is 7.62. The van der Waals surface area contributed by atoms with E-state index in [0.29, 0.717) is 29.9 Å². The minimum atomic E-state index is 0.435. The van der Waals surface area contributed by atoms with Crippen molar-refractivity contribution < 1.29 is 14.2 Å². The fourth-order valence-corrected chi connectivity index (χ4v) is 1.98. The Morgan fingerprint density at radius 3 is 2.20 bits per heavy atom. The van der Waals surface area contributed by atoms with Gasteiger partial charge in [-0.2, -0.15) is 11.8 Å². The van der Waals surface area contributed by atoms with Gasteiger partial charge in [0, 0.05) is 18.3 Å². The van der Waals surface area contributed by atoms with Gasteiger partial charge >= 0.3 is 0 Å². The molecule has 0 saturated heterocycles. The highest BCUT2D eigenvalue weighted by molar-refractivity contribution is 7.98. The van der Waals surface area contributed by atoms with Gasteiger partial charge in [0.05, 0.1) is 20.8 Å². The minimum Gasteiger partial charge on any atom is -0.493 e. The highest BCUT2D eigenvalue weighted by atomic mass is 32.2. The predicted molar refractivity (Wildman–Crippen MR) is 85.4 cm³/mol. The largest absolute Gasteiger partial charge is 0.493 e. The van der Waals surface area contributed by atoms with Crippen molar-refractivity contribution in [3.05, 3.63) is 17.7 Å². The summed E-state index contributed by atoms with van der Waals surface area (Å²) in [6, 6.07) is 4.42. The fraction of sp³-hybridized carbons (Fsp3) is 0.600. The van der Waals surface area contributed by atoms with Gasteiger partial charge in [-0.3, -0.25) is 0 Å². The normalized spacial score (nSPS) is 10.7. The van der Waals surface area contributed by atoms with Crippen molar-refractivity contribution in [2.24, 2.45) is 0 Å². The van der Waals surface area contributed by atoms with Gasteiger partial charge in [0.1, 0.15) is 0 Å². The van der Waals surface area contributed by atoms with Gasteiger partial charge in [0.25, 0.3) is 0 Å². The Bertz CT molecular complexity index is 385. The molecule has 1 N–H and O–H groups in total. The van der Waals surface area contributed by atoms with E-state index in [-0.39, 0.29) is 0 Å². The van der Waals surface area contributed by atoms with Crippen molar-refractivity contribution in [2.45, 2.75) is 26.4 Å². The van der Waals surface area contributed by atoms with E-state index in [1.54, 1.807) is 26.0 Å². The molecule has 0 aromatic heterocycles. The van der Waals surface area contributed by atoms with E-state index in [1.165, 1.54) is 0 Å². The molecule has 0 amide bonds. The molecular weight excluding hydrogens is 274 g/mol. The van der Waals surface area contributed by atoms with E-state index in [0.717, 1.165) is 17.9 Å². The van der Waals surface area contributed by atoms with Crippen molar-refractivity contribution in [1.29, 1.82) is 0 Å². The van der Waals surface area contributed by atoms with Crippen LogP contribution in [-0.2, 0) is 6.54 Å². The number of rotatable bonds is 9. The average molecular weight is 299 g/mol. The molecule has 20 heavy (non-hydrogen) atoms. The Morgan fingerprint density at radius 1 is 1.15 bits per heavy atom. The molecule has 0 spiro atoms. The lowest BCUT2D eigenvalue weighted by Gasteiger charge is -2.16. The van der Waals surface area contributed by atoms with Crippen LogP contribution in [0.1, 0.15) is 19.4 Å². The van der Waals surface area contributed by atoms with E-state index in [9.17, 15) is 0 Å². The third-order valence-electron chi connectivity index (χ3n) is 2.77. The first kappa shape index (κ1) is 17.0. The van der Waals surface area contributed by atoms with Gasteiger partial charge in [0.2, 0.25) is 5.75 Å². The predicted octanol–water partition coefficient (Wildman–Crippen LogP) is 2.94. The van der Waals surface area contributed by atoms with Crippen LogP contribution in [0.5, 0.6) is 17.2 Å². The van der Waals surface area contributed by atoms with Crippen LogP contribution in [0.2, 0.25) is 0 Å². The number of nitrogens with one attached hydrogen (secondary N) is 1. The number of benzene rings is 1. The molecule has 0 aliphatic carbocycles. The zero-order valence-corrected chi connectivity index (χ0v) is 13.8. The minimum absolute atomic E-state index is 0.435. The van der Waals surface area contributed by atoms with E-state index >= 15 is 0 Å². The fourth-order valence-electron chi connectivity index (χ4n) is 1.73. The molecule has 114 valence electrons. The summed E-state index contributed by atoms with van der Waals surface area (Å²) in [6.07, 6.45) is 2.05. The lowest BCUT2D eigenvalue weighted by molar-refractivity contribution is 0.290. The quantitative estimate of drug-likeness (QED) is 0.710. The summed E-state index contributed by atoms with van der Waals surface area (Å²) in [5.74, 6) is 3.04. The number of ether oxygens (including phenoxy) is 3. The second kappa shape index (κ2) is 8.97. The Hall–Kier alpha value is -1.07. The van der Waals surface area contributed by atoms with Crippen molar-refractivity contribution in [3.63, 3.8) is 0 Å². The molecule has 0 radical (unpaired) electrons. The van der Waals surface area contributed by atoms with Crippen molar-refractivity contribution in [3.8, 4) is 17.2 Å². The smallest absolute Gasteiger partial charge is 0.203 e. The van der Waals surface area contributed by atoms with E-state index in [2.05, 4.69) is 25.4 Å². The lowest BCUT2D eigenvalue weighted by atomic mass is 10.1. The molecule has 0 unspecified atom stereocenters. The summed E-state index contributed by atoms with van der Waals surface area (Å²) in [7, 11) is 3.30. The topological polar surface area (TPSA) is 39.7 Å². The first-order chi connectivity index (χ1) is 9.62. The molecule has 1 aromatic carbocycles. The van der Waals surface area contributed by atoms with Gasteiger partial charge in [0.15, 0.2) is 11.5 Å². The molecule has 0 aliphatic rings. The van der Waals surface area contributed by atoms with Gasteiger partial charge in [-0.1, -0.05) is 13.8 Å². The molecular formula is C15H25NO3S. The SMILES string of the molecule is COc1cc(CNC(C)C)cc(OC)c1OCCSC. The number of hydrogen-bond donors (Lipinski definition) is 1. The van der Waals surface area contributed by atoms with Gasteiger partial charge in [-0.15, -0.1) is 0 Å². The molecule has 0 atom stereocenters. The number of thioether (sulfide) groups is 1. The standard InChI is InChI=1S/C15H25NO3S/c1-11(2)16-10-12-8-13(17-3)15(14(9-12)18-4)19-6-7-20-5/h8-9,11,16H,6-7,10H2,1-5H3. The molecule has 0 aliphatic heterocycles. The molecule has 0 bridgehead atoms. The second-order valence-corrected chi connectivity index (χ2v) is 5.69. The average Bonchev–Trinajstić information content (AvgIpc) is 2.45. The summed E-state index contributed by atoms with van der Waals surface area (Å²) >= 11 is 1.75. The summed E-state index contributed by atoms with van der Waals surface area (Å²) in [4.78, 5) is 0. The molecule has 1 rings (SSSR count). The Labute approximate surface area is 126 Å². The van der Waals surface area contributed by atoms with Gasteiger partial charge in [-0.25, -0.2) is 0 Å². The lowest BCUT2D eigenvalue weighted by Crippen LogP contribution is -2.21. The van der Waals surface area contributed by atoms with E-state index in [4.69, 9.17) is 14.2 Å². The van der Waals surface area contributed by atoms with Gasteiger partial charge < -0.3 is 19.5 Å². The monoisotopic (exact) mass is 299 g/mol. The van der Waals surface area contributed by atoms with Crippen LogP contribution in [-0.4, -0.2) is 38.9 Å². The van der Waals surface area contributed by atoms with E-state index < -0.39 is 0 Å². The van der Waals surface area contributed by atoms with Crippen molar-refractivity contribution in [2.75, 3.05) is 32.8 Å². The summed E-state index contributed by atoms with van der Waals surface area (Å²) in [5.41, 5.74) is 1.12. The third-order valence-corrected chi connectivity index (χ3v) is 3.34. The van der Waals surface area contributed by atoms with Gasteiger partial charge in [-0.05, 0) is 24.0 Å². The first-order valence-corrected chi connectivity index (χ1v) is 8.11. The third kappa shape index (κ3) is 5.13. The molecule has 5 heteroatoms. The van der Waals surface area contributed by atoms with Crippen LogP contribution in [0, 0.1) is 0 Å². The number of hydrogen-bond acceptors (Lipinski definition) is 5. The summed E-state index contributed by atoms with van der Waals surface area (Å²) in [6.45, 7) is 5.65. The molecule has 0 saturated carbocycles. The van der Waals surface area contributed by atoms with Crippen LogP contribution in [0.4, 0.5) is 0 Å². The highest BCUT2D eigenvalue weighted by Gasteiger charge is 2.14. The maximum atomic E-state index is 5.78.